The molecule has 2 N–H and O–H groups in total. The number of phenolic OH excluding ortho intramolecular Hbond substituents is 1. The van der Waals surface area contributed by atoms with Gasteiger partial charge in [-0.25, -0.2) is 0 Å². The number of anilines is 1. The summed E-state index contributed by atoms with van der Waals surface area (Å²) in [6, 6.07) is 12.0. The van der Waals surface area contributed by atoms with Crippen molar-refractivity contribution < 1.29 is 9.84 Å². The molecule has 2 aliphatic carbocycles. The van der Waals surface area contributed by atoms with Gasteiger partial charge in [0.05, 0.1) is 5.60 Å². The van der Waals surface area contributed by atoms with Crippen LogP contribution in [0.25, 0.3) is 22.0 Å². The molecule has 1 heterocycles. The summed E-state index contributed by atoms with van der Waals surface area (Å²) in [6.07, 6.45) is 9.81. The number of hydrogen-bond acceptors (Lipinski definition) is 5. The van der Waals surface area contributed by atoms with Gasteiger partial charge in [0.15, 0.2) is 5.82 Å². The van der Waals surface area contributed by atoms with E-state index in [0.29, 0.717) is 28.8 Å². The highest BCUT2D eigenvalue weighted by atomic mass is 16.5. The third-order valence-electron chi connectivity index (χ3n) is 6.46. The lowest BCUT2D eigenvalue weighted by atomic mass is 9.77. The third-order valence-corrected chi connectivity index (χ3v) is 6.46. The predicted octanol–water partition coefficient (Wildman–Crippen LogP) is 4.84. The van der Waals surface area contributed by atoms with E-state index in [9.17, 15) is 5.11 Å². The van der Waals surface area contributed by atoms with Crippen LogP contribution in [0, 0.1) is 12.3 Å². The molecule has 30 heavy (non-hydrogen) atoms. The molecule has 152 valence electrons. The van der Waals surface area contributed by atoms with E-state index in [4.69, 9.17) is 11.2 Å². The van der Waals surface area contributed by atoms with Gasteiger partial charge in [0, 0.05) is 35.1 Å². The van der Waals surface area contributed by atoms with Crippen molar-refractivity contribution in [1.29, 1.82) is 0 Å². The van der Waals surface area contributed by atoms with Crippen LogP contribution in [0.15, 0.2) is 36.4 Å². The summed E-state index contributed by atoms with van der Waals surface area (Å²) >= 11 is 0. The lowest BCUT2D eigenvalue weighted by Gasteiger charge is -2.44. The van der Waals surface area contributed by atoms with E-state index >= 15 is 0 Å². The zero-order valence-electron chi connectivity index (χ0n) is 17.3. The van der Waals surface area contributed by atoms with Crippen molar-refractivity contribution in [2.45, 2.75) is 50.2 Å². The lowest BCUT2D eigenvalue weighted by molar-refractivity contribution is -0.0625. The van der Waals surface area contributed by atoms with E-state index in [0.717, 1.165) is 29.4 Å². The molecule has 5 rings (SSSR count). The Kier molecular flexibility index (Phi) is 4.41. The van der Waals surface area contributed by atoms with Crippen LogP contribution < -0.4 is 5.32 Å². The first-order chi connectivity index (χ1) is 14.5. The fraction of sp³-hybridized carbons (Fsp3) is 0.360. The first kappa shape index (κ1) is 18.9. The van der Waals surface area contributed by atoms with Gasteiger partial charge >= 0.3 is 0 Å². The van der Waals surface area contributed by atoms with Crippen molar-refractivity contribution in [3.05, 3.63) is 47.5 Å². The Balaban J connectivity index is 1.58. The van der Waals surface area contributed by atoms with Gasteiger partial charge in [0.2, 0.25) is 0 Å². The Morgan fingerprint density at radius 3 is 2.60 bits per heavy atom. The number of nitrogens with one attached hydrogen (secondary N) is 1. The number of hydrogen-bond donors (Lipinski definition) is 2. The fourth-order valence-corrected chi connectivity index (χ4v) is 4.41. The minimum atomic E-state index is -0.0649. The molecule has 3 aromatic rings. The summed E-state index contributed by atoms with van der Waals surface area (Å²) in [4.78, 5) is 0. The number of nitrogens with zero attached hydrogens (tertiary/aromatic N) is 2. The average molecular weight is 399 g/mol. The SMILES string of the molecule is C#Cc1ccc(-c2nnc(NC3CC(C)(OC)C3)c3cc(C4CC4)ccc23)c(O)c1. The molecule has 2 fully saturated rings. The Labute approximate surface area is 176 Å². The summed E-state index contributed by atoms with van der Waals surface area (Å²) in [5.74, 6) is 4.10. The highest BCUT2D eigenvalue weighted by Crippen LogP contribution is 2.44. The first-order valence-electron chi connectivity index (χ1n) is 10.4. The van der Waals surface area contributed by atoms with Crippen LogP contribution in [0.3, 0.4) is 0 Å². The number of methoxy groups -OCH3 is 1. The van der Waals surface area contributed by atoms with Gasteiger partial charge < -0.3 is 15.2 Å². The van der Waals surface area contributed by atoms with E-state index in [2.05, 4.69) is 46.6 Å². The molecular weight excluding hydrogens is 374 g/mol. The van der Waals surface area contributed by atoms with Gasteiger partial charge in [0.1, 0.15) is 11.4 Å². The van der Waals surface area contributed by atoms with Crippen LogP contribution in [0.1, 0.15) is 49.7 Å². The van der Waals surface area contributed by atoms with Gasteiger partial charge in [-0.05, 0) is 68.4 Å². The van der Waals surface area contributed by atoms with Crippen molar-refractivity contribution in [2.75, 3.05) is 12.4 Å². The van der Waals surface area contributed by atoms with E-state index < -0.39 is 0 Å². The Morgan fingerprint density at radius 2 is 1.93 bits per heavy atom. The number of benzene rings is 2. The quantitative estimate of drug-likeness (QED) is 0.601. The van der Waals surface area contributed by atoms with Crippen LogP contribution in [0.4, 0.5) is 5.82 Å². The summed E-state index contributed by atoms with van der Waals surface area (Å²) in [7, 11) is 1.76. The predicted molar refractivity (Wildman–Crippen MR) is 119 cm³/mol. The van der Waals surface area contributed by atoms with Gasteiger partial charge in [-0.3, -0.25) is 0 Å². The molecule has 2 saturated carbocycles. The van der Waals surface area contributed by atoms with Crippen LogP contribution in [-0.2, 0) is 4.74 Å². The average Bonchev–Trinajstić information content (AvgIpc) is 3.58. The molecule has 1 aromatic heterocycles. The second-order valence-corrected chi connectivity index (χ2v) is 8.76. The maximum absolute atomic E-state index is 10.5. The smallest absolute Gasteiger partial charge is 0.156 e. The Morgan fingerprint density at radius 1 is 1.13 bits per heavy atom. The van der Waals surface area contributed by atoms with Crippen LogP contribution >= 0.6 is 0 Å². The molecule has 0 atom stereocenters. The molecule has 0 radical (unpaired) electrons. The normalized spacial score (nSPS) is 23.0. The van der Waals surface area contributed by atoms with Crippen molar-refractivity contribution in [3.63, 3.8) is 0 Å². The minimum absolute atomic E-state index is 0.0649. The second kappa shape index (κ2) is 7.00. The van der Waals surface area contributed by atoms with Crippen LogP contribution in [-0.4, -0.2) is 34.1 Å². The van der Waals surface area contributed by atoms with Crippen molar-refractivity contribution in [2.24, 2.45) is 0 Å². The number of aromatic nitrogens is 2. The van der Waals surface area contributed by atoms with Crippen molar-refractivity contribution in [1.82, 2.24) is 10.2 Å². The maximum Gasteiger partial charge on any atom is 0.156 e. The number of rotatable bonds is 5. The largest absolute Gasteiger partial charge is 0.507 e. The second-order valence-electron chi connectivity index (χ2n) is 8.76. The number of fused-ring (bicyclic) bond motifs is 1. The monoisotopic (exact) mass is 399 g/mol. The standard InChI is InChI=1S/C25H25N3O2/c1-4-15-5-9-20(22(29)11-15)23-19-10-8-17(16-6-7-16)12-21(19)24(28-27-23)26-18-13-25(2,14-18)30-3/h1,5,8-12,16,18,29H,6-7,13-14H2,2-3H3,(H,26,28). The van der Waals surface area contributed by atoms with Crippen molar-refractivity contribution >= 4 is 16.6 Å². The highest BCUT2D eigenvalue weighted by Gasteiger charge is 2.40. The summed E-state index contributed by atoms with van der Waals surface area (Å²) in [6.45, 7) is 2.13. The lowest BCUT2D eigenvalue weighted by Crippen LogP contribution is -2.49. The van der Waals surface area contributed by atoms with Gasteiger partial charge in [0.25, 0.3) is 0 Å². The van der Waals surface area contributed by atoms with Crippen LogP contribution in [0.5, 0.6) is 5.75 Å². The zero-order valence-corrected chi connectivity index (χ0v) is 17.3. The van der Waals surface area contributed by atoms with Crippen LogP contribution in [0.2, 0.25) is 0 Å². The number of phenols is 1. The Hall–Kier alpha value is -3.10. The molecule has 0 amide bonds. The summed E-state index contributed by atoms with van der Waals surface area (Å²) < 4.78 is 5.58. The molecule has 5 heteroatoms. The van der Waals surface area contributed by atoms with E-state index in [-0.39, 0.29) is 11.4 Å². The molecule has 0 spiro atoms. The number of ether oxygens (including phenoxy) is 1. The molecule has 0 unspecified atom stereocenters. The van der Waals surface area contributed by atoms with Crippen molar-refractivity contribution in [3.8, 4) is 29.4 Å². The van der Waals surface area contributed by atoms with E-state index in [1.807, 2.05) is 12.1 Å². The summed E-state index contributed by atoms with van der Waals surface area (Å²) in [5.41, 5.74) is 3.20. The van der Waals surface area contributed by atoms with Gasteiger partial charge in [-0.1, -0.05) is 18.1 Å². The number of aromatic hydroxyl groups is 1. The fourth-order valence-electron chi connectivity index (χ4n) is 4.41. The summed E-state index contributed by atoms with van der Waals surface area (Å²) in [5, 5.41) is 25.1. The van der Waals surface area contributed by atoms with E-state index in [1.165, 1.54) is 18.4 Å². The molecule has 0 bridgehead atoms. The first-order valence-corrected chi connectivity index (χ1v) is 10.4. The molecule has 0 saturated heterocycles. The topological polar surface area (TPSA) is 67.3 Å². The zero-order chi connectivity index (χ0) is 20.9. The maximum atomic E-state index is 10.5. The third kappa shape index (κ3) is 3.28. The van der Waals surface area contributed by atoms with E-state index in [1.54, 1.807) is 13.2 Å². The molecule has 2 aliphatic rings. The molecule has 2 aromatic carbocycles. The number of terminal acetylenes is 1. The van der Waals surface area contributed by atoms with Gasteiger partial charge in [-0.2, -0.15) is 0 Å². The van der Waals surface area contributed by atoms with Gasteiger partial charge in [-0.15, -0.1) is 16.6 Å². The minimum Gasteiger partial charge on any atom is -0.507 e. The molecule has 5 nitrogen and oxygen atoms in total. The molecule has 0 aliphatic heterocycles. The Bertz CT molecular complexity index is 1170. The molecular formula is C25H25N3O2. The highest BCUT2D eigenvalue weighted by molar-refractivity contribution is 6.01.